The summed E-state index contributed by atoms with van der Waals surface area (Å²) in [5, 5.41) is 3.29. The van der Waals surface area contributed by atoms with Crippen molar-refractivity contribution in [1.82, 2.24) is 15.3 Å². The maximum Gasteiger partial charge on any atom is 0.238 e. The summed E-state index contributed by atoms with van der Waals surface area (Å²) in [6.07, 6.45) is 4.43. The van der Waals surface area contributed by atoms with Crippen molar-refractivity contribution < 1.29 is 9.47 Å². The molecular formula is C16H21N3O2. The van der Waals surface area contributed by atoms with Crippen LogP contribution in [0.2, 0.25) is 0 Å². The van der Waals surface area contributed by atoms with E-state index in [1.807, 2.05) is 25.1 Å². The summed E-state index contributed by atoms with van der Waals surface area (Å²) < 4.78 is 11.1. The number of benzene rings is 1. The molecule has 1 heterocycles. The molecule has 0 unspecified atom stereocenters. The summed E-state index contributed by atoms with van der Waals surface area (Å²) in [5.74, 6) is 1.79. The highest BCUT2D eigenvalue weighted by atomic mass is 16.5. The minimum atomic E-state index is 0.466. The molecule has 0 saturated carbocycles. The third kappa shape index (κ3) is 4.43. The molecule has 0 aliphatic carbocycles. The molecule has 0 radical (unpaired) electrons. The predicted octanol–water partition coefficient (Wildman–Crippen LogP) is 3.09. The Labute approximate surface area is 125 Å². The molecule has 0 aliphatic heterocycles. The van der Waals surface area contributed by atoms with E-state index in [1.165, 1.54) is 0 Å². The van der Waals surface area contributed by atoms with E-state index >= 15 is 0 Å². The molecule has 0 bridgehead atoms. The zero-order chi connectivity index (χ0) is 15.1. The van der Waals surface area contributed by atoms with Crippen molar-refractivity contribution in [2.24, 2.45) is 0 Å². The Kier molecular flexibility index (Phi) is 5.51. The number of rotatable bonds is 7. The van der Waals surface area contributed by atoms with E-state index in [0.29, 0.717) is 23.9 Å². The molecule has 0 saturated heterocycles. The lowest BCUT2D eigenvalue weighted by atomic mass is 10.2. The molecule has 0 aliphatic rings. The highest BCUT2D eigenvalue weighted by Crippen LogP contribution is 2.31. The topological polar surface area (TPSA) is 56.3 Å². The molecule has 5 heteroatoms. The maximum atomic E-state index is 5.78. The van der Waals surface area contributed by atoms with Gasteiger partial charge in [0.15, 0.2) is 11.5 Å². The zero-order valence-electron chi connectivity index (χ0n) is 12.7. The number of methoxy groups -OCH3 is 1. The van der Waals surface area contributed by atoms with Gasteiger partial charge in [0, 0.05) is 12.7 Å². The quantitative estimate of drug-likeness (QED) is 0.793. The van der Waals surface area contributed by atoms with Crippen LogP contribution in [-0.2, 0) is 6.54 Å². The molecule has 112 valence electrons. The lowest BCUT2D eigenvalue weighted by Gasteiger charge is -2.10. The average Bonchev–Trinajstić information content (AvgIpc) is 2.50. The van der Waals surface area contributed by atoms with Crippen LogP contribution in [0.5, 0.6) is 17.4 Å². The highest BCUT2D eigenvalue weighted by Gasteiger charge is 2.07. The number of hydrogen-bond donors (Lipinski definition) is 1. The Morgan fingerprint density at radius 2 is 2.05 bits per heavy atom. The number of aromatic nitrogens is 2. The van der Waals surface area contributed by atoms with Gasteiger partial charge in [-0.1, -0.05) is 13.0 Å². The minimum absolute atomic E-state index is 0.466. The van der Waals surface area contributed by atoms with E-state index in [9.17, 15) is 0 Å². The van der Waals surface area contributed by atoms with Crippen molar-refractivity contribution in [3.63, 3.8) is 0 Å². The van der Waals surface area contributed by atoms with E-state index in [1.54, 1.807) is 19.5 Å². The van der Waals surface area contributed by atoms with Crippen molar-refractivity contribution in [1.29, 1.82) is 0 Å². The largest absolute Gasteiger partial charge is 0.493 e. The molecule has 1 aromatic heterocycles. The number of hydrogen-bond acceptors (Lipinski definition) is 5. The SMILES string of the molecule is CCCNCc1cncc(Oc2ccc(C)cc2OC)n1. The summed E-state index contributed by atoms with van der Waals surface area (Å²) in [6.45, 7) is 5.77. The first kappa shape index (κ1) is 15.3. The summed E-state index contributed by atoms with van der Waals surface area (Å²) >= 11 is 0. The van der Waals surface area contributed by atoms with Gasteiger partial charge in [0.25, 0.3) is 0 Å². The second-order valence-electron chi connectivity index (χ2n) is 4.78. The molecule has 0 atom stereocenters. The predicted molar refractivity (Wildman–Crippen MR) is 81.8 cm³/mol. The highest BCUT2D eigenvalue weighted by molar-refractivity contribution is 5.44. The van der Waals surface area contributed by atoms with E-state index in [2.05, 4.69) is 22.2 Å². The van der Waals surface area contributed by atoms with E-state index < -0.39 is 0 Å². The van der Waals surface area contributed by atoms with Gasteiger partial charge in [-0.15, -0.1) is 0 Å². The van der Waals surface area contributed by atoms with Crippen molar-refractivity contribution in [3.05, 3.63) is 41.9 Å². The molecule has 0 amide bonds. The molecule has 0 fully saturated rings. The van der Waals surface area contributed by atoms with Gasteiger partial charge in [0.05, 0.1) is 19.0 Å². The lowest BCUT2D eigenvalue weighted by Crippen LogP contribution is -2.15. The average molecular weight is 287 g/mol. The van der Waals surface area contributed by atoms with E-state index in [0.717, 1.165) is 24.2 Å². The molecule has 5 nitrogen and oxygen atoms in total. The number of ether oxygens (including phenoxy) is 2. The molecule has 21 heavy (non-hydrogen) atoms. The summed E-state index contributed by atoms with van der Waals surface area (Å²) in [7, 11) is 1.62. The number of nitrogens with one attached hydrogen (secondary N) is 1. The van der Waals surface area contributed by atoms with Crippen LogP contribution in [-0.4, -0.2) is 23.6 Å². The number of aryl methyl sites for hydroxylation is 1. The van der Waals surface area contributed by atoms with E-state index in [4.69, 9.17) is 9.47 Å². The summed E-state index contributed by atoms with van der Waals surface area (Å²) in [6, 6.07) is 5.77. The first-order valence-corrected chi connectivity index (χ1v) is 7.07. The lowest BCUT2D eigenvalue weighted by molar-refractivity contribution is 0.372. The van der Waals surface area contributed by atoms with Crippen LogP contribution in [0.1, 0.15) is 24.6 Å². The van der Waals surface area contributed by atoms with Gasteiger partial charge in [0.2, 0.25) is 5.88 Å². The van der Waals surface area contributed by atoms with Crippen molar-refractivity contribution in [2.45, 2.75) is 26.8 Å². The Morgan fingerprint density at radius 1 is 1.19 bits per heavy atom. The normalized spacial score (nSPS) is 10.4. The molecule has 0 spiro atoms. The third-order valence-electron chi connectivity index (χ3n) is 2.93. The van der Waals surface area contributed by atoms with Crippen LogP contribution >= 0.6 is 0 Å². The Bertz CT molecular complexity index is 587. The van der Waals surface area contributed by atoms with E-state index in [-0.39, 0.29) is 0 Å². The van der Waals surface area contributed by atoms with Crippen LogP contribution in [0.15, 0.2) is 30.6 Å². The summed E-state index contributed by atoms with van der Waals surface area (Å²) in [4.78, 5) is 8.60. The van der Waals surface area contributed by atoms with Crippen LogP contribution in [0.4, 0.5) is 0 Å². The zero-order valence-corrected chi connectivity index (χ0v) is 12.7. The first-order chi connectivity index (χ1) is 10.2. The Balaban J connectivity index is 2.10. The fourth-order valence-electron chi connectivity index (χ4n) is 1.89. The molecule has 2 rings (SSSR count). The second-order valence-corrected chi connectivity index (χ2v) is 4.78. The van der Waals surface area contributed by atoms with Crippen molar-refractivity contribution in [3.8, 4) is 17.4 Å². The Hall–Kier alpha value is -2.14. The third-order valence-corrected chi connectivity index (χ3v) is 2.93. The standard InChI is InChI=1S/C16H21N3O2/c1-4-7-17-9-13-10-18-11-16(19-13)21-14-6-5-12(2)8-15(14)20-3/h5-6,8,10-11,17H,4,7,9H2,1-3H3. The van der Waals surface area contributed by atoms with Gasteiger partial charge in [-0.3, -0.25) is 4.98 Å². The minimum Gasteiger partial charge on any atom is -0.493 e. The first-order valence-electron chi connectivity index (χ1n) is 7.07. The monoisotopic (exact) mass is 287 g/mol. The summed E-state index contributed by atoms with van der Waals surface area (Å²) in [5.41, 5.74) is 1.97. The van der Waals surface area contributed by atoms with Gasteiger partial charge in [-0.2, -0.15) is 0 Å². The van der Waals surface area contributed by atoms with Crippen molar-refractivity contribution >= 4 is 0 Å². The molecule has 2 aromatic rings. The van der Waals surface area contributed by atoms with Crippen LogP contribution in [0, 0.1) is 6.92 Å². The van der Waals surface area contributed by atoms with Gasteiger partial charge in [-0.05, 0) is 37.6 Å². The fraction of sp³-hybridized carbons (Fsp3) is 0.375. The second kappa shape index (κ2) is 7.59. The Morgan fingerprint density at radius 3 is 2.81 bits per heavy atom. The van der Waals surface area contributed by atoms with Gasteiger partial charge in [0.1, 0.15) is 0 Å². The van der Waals surface area contributed by atoms with Gasteiger partial charge in [-0.25, -0.2) is 4.98 Å². The molecule has 1 N–H and O–H groups in total. The van der Waals surface area contributed by atoms with Gasteiger partial charge < -0.3 is 14.8 Å². The number of nitrogens with zero attached hydrogens (tertiary/aromatic N) is 2. The molecule has 1 aromatic carbocycles. The van der Waals surface area contributed by atoms with Crippen molar-refractivity contribution in [2.75, 3.05) is 13.7 Å². The van der Waals surface area contributed by atoms with Crippen LogP contribution in [0.3, 0.4) is 0 Å². The fourth-order valence-corrected chi connectivity index (χ4v) is 1.89. The van der Waals surface area contributed by atoms with Crippen LogP contribution in [0.25, 0.3) is 0 Å². The van der Waals surface area contributed by atoms with Gasteiger partial charge >= 0.3 is 0 Å². The molecular weight excluding hydrogens is 266 g/mol. The smallest absolute Gasteiger partial charge is 0.238 e. The van der Waals surface area contributed by atoms with Crippen LogP contribution < -0.4 is 14.8 Å². The maximum absolute atomic E-state index is 5.78.